The van der Waals surface area contributed by atoms with Crippen molar-refractivity contribution >= 4 is 23.2 Å². The summed E-state index contributed by atoms with van der Waals surface area (Å²) < 4.78 is 7.48. The zero-order valence-electron chi connectivity index (χ0n) is 16.4. The smallest absolute Gasteiger partial charge is 0.295 e. The summed E-state index contributed by atoms with van der Waals surface area (Å²) in [7, 11) is 0. The van der Waals surface area contributed by atoms with Gasteiger partial charge < -0.3 is 10.1 Å². The van der Waals surface area contributed by atoms with Crippen molar-refractivity contribution in [2.45, 2.75) is 18.8 Å². The van der Waals surface area contributed by atoms with Crippen LogP contribution in [0.1, 0.15) is 35.2 Å². The van der Waals surface area contributed by atoms with Crippen LogP contribution >= 0.6 is 11.6 Å². The quantitative estimate of drug-likeness (QED) is 0.451. The Labute approximate surface area is 183 Å². The van der Waals surface area contributed by atoms with E-state index >= 15 is 0 Å². The molecule has 1 saturated carbocycles. The number of pyridine rings is 1. The Balaban J connectivity index is 1.38. The SMILES string of the molecule is O=C(Nc1cccc(Oc2ccncc2)c1)c1nc(C2CC2)n(-c2ccccc2Cl)n1. The van der Waals surface area contributed by atoms with E-state index < -0.39 is 5.91 Å². The van der Waals surface area contributed by atoms with Crippen LogP contribution in [0.15, 0.2) is 73.1 Å². The molecular weight excluding hydrogens is 414 g/mol. The molecule has 2 aromatic carbocycles. The molecule has 5 rings (SSSR count). The first-order valence-corrected chi connectivity index (χ1v) is 10.3. The number of rotatable bonds is 6. The minimum atomic E-state index is -0.395. The van der Waals surface area contributed by atoms with Gasteiger partial charge in [0.2, 0.25) is 5.82 Å². The lowest BCUT2D eigenvalue weighted by atomic mass is 10.3. The number of carbonyl (C=O) groups excluding carboxylic acids is 1. The fourth-order valence-corrected chi connectivity index (χ4v) is 3.41. The second-order valence-electron chi connectivity index (χ2n) is 7.20. The van der Waals surface area contributed by atoms with E-state index in [-0.39, 0.29) is 5.82 Å². The van der Waals surface area contributed by atoms with Crippen molar-refractivity contribution in [3.8, 4) is 17.2 Å². The van der Waals surface area contributed by atoms with E-state index in [1.165, 1.54) is 0 Å². The highest BCUT2D eigenvalue weighted by Crippen LogP contribution is 2.40. The molecule has 0 aliphatic heterocycles. The van der Waals surface area contributed by atoms with Crippen molar-refractivity contribution in [1.82, 2.24) is 19.7 Å². The van der Waals surface area contributed by atoms with Gasteiger partial charge >= 0.3 is 0 Å². The van der Waals surface area contributed by atoms with E-state index in [0.29, 0.717) is 33.8 Å². The number of hydrogen-bond acceptors (Lipinski definition) is 5. The Morgan fingerprint density at radius 1 is 1.03 bits per heavy atom. The monoisotopic (exact) mass is 431 g/mol. The van der Waals surface area contributed by atoms with Crippen LogP contribution < -0.4 is 10.1 Å². The molecule has 2 heterocycles. The van der Waals surface area contributed by atoms with Gasteiger partial charge in [0, 0.05) is 30.1 Å². The lowest BCUT2D eigenvalue weighted by Gasteiger charge is -2.08. The highest BCUT2D eigenvalue weighted by atomic mass is 35.5. The zero-order chi connectivity index (χ0) is 21.2. The molecule has 0 atom stereocenters. The average molecular weight is 432 g/mol. The fraction of sp³-hybridized carbons (Fsp3) is 0.130. The van der Waals surface area contributed by atoms with Crippen molar-refractivity contribution in [3.63, 3.8) is 0 Å². The van der Waals surface area contributed by atoms with Gasteiger partial charge in [-0.2, -0.15) is 0 Å². The van der Waals surface area contributed by atoms with Gasteiger partial charge in [-0.1, -0.05) is 29.8 Å². The molecule has 0 spiro atoms. The predicted octanol–water partition coefficient (Wildman–Crippen LogP) is 5.24. The number of benzene rings is 2. The molecule has 8 heteroatoms. The molecule has 1 amide bonds. The predicted molar refractivity (Wildman–Crippen MR) is 117 cm³/mol. The number of aromatic nitrogens is 4. The molecule has 0 saturated heterocycles. The van der Waals surface area contributed by atoms with Gasteiger partial charge in [0.1, 0.15) is 17.3 Å². The maximum absolute atomic E-state index is 12.9. The summed E-state index contributed by atoms with van der Waals surface area (Å²) in [4.78, 5) is 21.4. The van der Waals surface area contributed by atoms with Crippen LogP contribution in [0, 0.1) is 0 Å². The van der Waals surface area contributed by atoms with Crippen LogP contribution in [-0.2, 0) is 0 Å². The van der Waals surface area contributed by atoms with Crippen molar-refractivity contribution in [1.29, 1.82) is 0 Å². The van der Waals surface area contributed by atoms with E-state index in [9.17, 15) is 4.79 Å². The van der Waals surface area contributed by atoms with Gasteiger partial charge in [-0.05, 0) is 49.2 Å². The number of ether oxygens (including phenoxy) is 1. The number of hydrogen-bond donors (Lipinski definition) is 1. The minimum absolute atomic E-state index is 0.0993. The van der Waals surface area contributed by atoms with Crippen molar-refractivity contribution in [3.05, 3.63) is 89.7 Å². The Morgan fingerprint density at radius 3 is 2.61 bits per heavy atom. The Kier molecular flexibility index (Phi) is 5.09. The molecule has 0 radical (unpaired) electrons. The van der Waals surface area contributed by atoms with Crippen LogP contribution in [0.4, 0.5) is 5.69 Å². The maximum atomic E-state index is 12.9. The average Bonchev–Trinajstić information content (AvgIpc) is 3.53. The Bertz CT molecular complexity index is 1240. The fourth-order valence-electron chi connectivity index (χ4n) is 3.19. The van der Waals surface area contributed by atoms with Gasteiger partial charge in [0.25, 0.3) is 5.91 Å². The molecule has 0 unspecified atom stereocenters. The van der Waals surface area contributed by atoms with Crippen molar-refractivity contribution < 1.29 is 9.53 Å². The van der Waals surface area contributed by atoms with Gasteiger partial charge in [-0.3, -0.25) is 9.78 Å². The normalized spacial score (nSPS) is 13.1. The first-order valence-electron chi connectivity index (χ1n) is 9.88. The van der Waals surface area contributed by atoms with Crippen molar-refractivity contribution in [2.75, 3.05) is 5.32 Å². The van der Waals surface area contributed by atoms with E-state index in [4.69, 9.17) is 16.3 Å². The van der Waals surface area contributed by atoms with Gasteiger partial charge in [-0.25, -0.2) is 9.67 Å². The number of halogens is 1. The lowest BCUT2D eigenvalue weighted by Crippen LogP contribution is -2.14. The third-order valence-corrected chi connectivity index (χ3v) is 5.16. The van der Waals surface area contributed by atoms with Crippen LogP contribution in [0.5, 0.6) is 11.5 Å². The summed E-state index contributed by atoms with van der Waals surface area (Å²) in [5.41, 5.74) is 1.30. The van der Waals surface area contributed by atoms with Gasteiger partial charge in [0.15, 0.2) is 0 Å². The maximum Gasteiger partial charge on any atom is 0.295 e. The third kappa shape index (κ3) is 4.27. The van der Waals surface area contributed by atoms with Crippen molar-refractivity contribution in [2.24, 2.45) is 0 Å². The summed E-state index contributed by atoms with van der Waals surface area (Å²) in [6.07, 6.45) is 5.36. The first-order chi connectivity index (χ1) is 15.2. The number of amides is 1. The number of nitrogens with one attached hydrogen (secondary N) is 1. The Hall–Kier alpha value is -3.71. The molecule has 7 nitrogen and oxygen atoms in total. The number of para-hydroxylation sites is 1. The molecule has 1 fully saturated rings. The summed E-state index contributed by atoms with van der Waals surface area (Å²) in [6.45, 7) is 0. The van der Waals surface area contributed by atoms with Crippen LogP contribution in [0.25, 0.3) is 5.69 Å². The molecule has 1 aliphatic rings. The zero-order valence-corrected chi connectivity index (χ0v) is 17.2. The topological polar surface area (TPSA) is 81.9 Å². The van der Waals surface area contributed by atoms with Crippen LogP contribution in [0.3, 0.4) is 0 Å². The molecule has 0 bridgehead atoms. The molecular formula is C23H18ClN5O2. The van der Waals surface area contributed by atoms with E-state index in [1.54, 1.807) is 53.5 Å². The number of anilines is 1. The van der Waals surface area contributed by atoms with Gasteiger partial charge in [0.05, 0.1) is 10.7 Å². The molecule has 154 valence electrons. The highest BCUT2D eigenvalue weighted by molar-refractivity contribution is 6.32. The minimum Gasteiger partial charge on any atom is -0.457 e. The number of carbonyl (C=O) groups is 1. The van der Waals surface area contributed by atoms with Crippen LogP contribution in [0.2, 0.25) is 5.02 Å². The van der Waals surface area contributed by atoms with E-state index in [0.717, 1.165) is 18.7 Å². The summed E-state index contributed by atoms with van der Waals surface area (Å²) in [5, 5.41) is 7.87. The summed E-state index contributed by atoms with van der Waals surface area (Å²) >= 11 is 6.35. The van der Waals surface area contributed by atoms with Crippen LogP contribution in [-0.4, -0.2) is 25.7 Å². The van der Waals surface area contributed by atoms with E-state index in [2.05, 4.69) is 20.4 Å². The Morgan fingerprint density at radius 2 is 1.84 bits per heavy atom. The molecule has 2 aromatic heterocycles. The number of nitrogens with zero attached hydrogens (tertiary/aromatic N) is 4. The van der Waals surface area contributed by atoms with Gasteiger partial charge in [-0.15, -0.1) is 5.10 Å². The molecule has 4 aromatic rings. The molecule has 1 N–H and O–H groups in total. The van der Waals surface area contributed by atoms with E-state index in [1.807, 2.05) is 24.3 Å². The summed E-state index contributed by atoms with van der Waals surface area (Å²) in [5.74, 6) is 2.01. The standard InChI is InChI=1S/C23H18ClN5O2/c24-19-6-1-2-7-20(19)29-22(15-8-9-15)27-21(28-29)23(30)26-16-4-3-5-18(14-16)31-17-10-12-25-13-11-17/h1-7,10-15H,8-9H2,(H,26,30). The molecule has 31 heavy (non-hydrogen) atoms. The largest absolute Gasteiger partial charge is 0.457 e. The second kappa shape index (κ2) is 8.20. The molecule has 1 aliphatic carbocycles. The third-order valence-electron chi connectivity index (χ3n) is 4.84. The second-order valence-corrected chi connectivity index (χ2v) is 7.61. The lowest BCUT2D eigenvalue weighted by molar-refractivity contribution is 0.101. The highest BCUT2D eigenvalue weighted by Gasteiger charge is 2.32. The first kappa shape index (κ1) is 19.3. The summed E-state index contributed by atoms with van der Waals surface area (Å²) in [6, 6.07) is 18.1.